The second-order valence-corrected chi connectivity index (χ2v) is 2.21. The average molecular weight is 167 g/mol. The van der Waals surface area contributed by atoms with E-state index in [-0.39, 0.29) is 6.61 Å². The Morgan fingerprint density at radius 2 is 2.17 bits per heavy atom. The molecule has 0 radical (unpaired) electrons. The van der Waals surface area contributed by atoms with Crippen LogP contribution in [0.3, 0.4) is 0 Å². The number of hydrogen-bond donors (Lipinski definition) is 1. The van der Waals surface area contributed by atoms with E-state index < -0.39 is 12.5 Å². The third-order valence-corrected chi connectivity index (χ3v) is 1.33. The van der Waals surface area contributed by atoms with E-state index in [1.807, 2.05) is 6.07 Å². The lowest BCUT2D eigenvalue weighted by Gasteiger charge is -2.01. The van der Waals surface area contributed by atoms with Crippen molar-refractivity contribution in [1.29, 1.82) is 0 Å². The van der Waals surface area contributed by atoms with Gasteiger partial charge in [0.25, 0.3) is 0 Å². The third-order valence-electron chi connectivity index (χ3n) is 1.33. The predicted molar refractivity (Wildman–Crippen MR) is 45.3 cm³/mol. The van der Waals surface area contributed by atoms with Gasteiger partial charge in [-0.05, 0) is 5.56 Å². The van der Waals surface area contributed by atoms with Gasteiger partial charge in [0.05, 0.1) is 9.24 Å². The van der Waals surface area contributed by atoms with Crippen molar-refractivity contribution in [3.63, 3.8) is 0 Å². The highest BCUT2D eigenvalue weighted by Crippen LogP contribution is 1.99. The van der Waals surface area contributed by atoms with Crippen LogP contribution >= 0.6 is 0 Å². The van der Waals surface area contributed by atoms with Gasteiger partial charge < -0.3 is 10.5 Å². The monoisotopic (exact) mass is 167 g/mol. The van der Waals surface area contributed by atoms with Crippen LogP contribution in [-0.4, -0.2) is 12.5 Å². The van der Waals surface area contributed by atoms with Crippen LogP contribution in [0, 0.1) is 0 Å². The van der Waals surface area contributed by atoms with E-state index in [1.54, 1.807) is 24.3 Å². The molecule has 0 aliphatic carbocycles. The van der Waals surface area contributed by atoms with Gasteiger partial charge in [0.1, 0.15) is 6.61 Å². The molecule has 3 nitrogen and oxygen atoms in total. The van der Waals surface area contributed by atoms with E-state index in [0.29, 0.717) is 0 Å². The molecule has 1 aromatic rings. The lowest BCUT2D eigenvalue weighted by atomic mass is 10.2. The van der Waals surface area contributed by atoms with Gasteiger partial charge in [0.2, 0.25) is 0 Å². The second kappa shape index (κ2) is 4.51. The average Bonchev–Trinajstić information content (AvgIpc) is 2.14. The largest absolute Gasteiger partial charge is 0.460 e. The first-order valence-electron chi connectivity index (χ1n) is 4.50. The van der Waals surface area contributed by atoms with Crippen LogP contribution in [0.2, 0.25) is 0 Å². The van der Waals surface area contributed by atoms with Crippen LogP contribution in [0.1, 0.15) is 8.30 Å². The van der Waals surface area contributed by atoms with E-state index >= 15 is 0 Å². The lowest BCUT2D eigenvalue weighted by molar-refractivity contribution is -0.143. The maximum atomic E-state index is 10.9. The van der Waals surface area contributed by atoms with Crippen LogP contribution in [-0.2, 0) is 16.1 Å². The summed E-state index contributed by atoms with van der Waals surface area (Å²) in [7, 11) is 0. The van der Waals surface area contributed by atoms with Crippen molar-refractivity contribution >= 4 is 5.97 Å². The van der Waals surface area contributed by atoms with Crippen LogP contribution in [0.15, 0.2) is 30.3 Å². The molecule has 3 heteroatoms. The van der Waals surface area contributed by atoms with Gasteiger partial charge in [-0.1, -0.05) is 30.3 Å². The zero-order valence-corrected chi connectivity index (χ0v) is 6.49. The quantitative estimate of drug-likeness (QED) is 0.674. The molecule has 0 bridgehead atoms. The number of hydrogen-bond acceptors (Lipinski definition) is 3. The molecule has 0 saturated heterocycles. The fourth-order valence-electron chi connectivity index (χ4n) is 0.765. The molecular weight excluding hydrogens is 154 g/mol. The fraction of sp³-hybridized carbons (Fsp3) is 0.222. The van der Waals surface area contributed by atoms with Crippen LogP contribution in [0.4, 0.5) is 0 Å². The molecule has 1 aromatic carbocycles. The summed E-state index contributed by atoms with van der Waals surface area (Å²) in [5, 5.41) is 0. The molecule has 12 heavy (non-hydrogen) atoms. The Kier molecular flexibility index (Phi) is 2.33. The topological polar surface area (TPSA) is 52.3 Å². The molecule has 64 valence electrons. The summed E-state index contributed by atoms with van der Waals surface area (Å²) in [5.41, 5.74) is 5.70. The molecule has 0 fully saturated rings. The maximum Gasteiger partial charge on any atom is 0.320 e. The van der Waals surface area contributed by atoms with Crippen molar-refractivity contribution in [2.45, 2.75) is 6.61 Å². The molecular formula is C9H11NO2. The van der Waals surface area contributed by atoms with E-state index in [4.69, 9.17) is 8.48 Å². The highest BCUT2D eigenvalue weighted by molar-refractivity contribution is 5.71. The molecule has 0 aromatic heterocycles. The number of carbonyl (C=O) groups is 1. The summed E-state index contributed by atoms with van der Waals surface area (Å²) in [4.78, 5) is 10.9. The van der Waals surface area contributed by atoms with E-state index in [0.717, 1.165) is 5.56 Å². The highest BCUT2D eigenvalue weighted by atomic mass is 16.5. The van der Waals surface area contributed by atoms with Gasteiger partial charge in [0, 0.05) is 0 Å². The minimum Gasteiger partial charge on any atom is -0.460 e. The second-order valence-electron chi connectivity index (χ2n) is 2.21. The van der Waals surface area contributed by atoms with E-state index in [1.165, 1.54) is 0 Å². The molecule has 0 aliphatic rings. The number of benzene rings is 1. The molecule has 0 saturated carbocycles. The molecule has 0 unspecified atom stereocenters. The van der Waals surface area contributed by atoms with Crippen molar-refractivity contribution in [2.75, 3.05) is 6.50 Å². The van der Waals surface area contributed by atoms with Crippen molar-refractivity contribution < 1.29 is 12.3 Å². The Morgan fingerprint density at radius 1 is 1.50 bits per heavy atom. The summed E-state index contributed by atoms with van der Waals surface area (Å²) in [6.45, 7) is -2.38. The van der Waals surface area contributed by atoms with Gasteiger partial charge in [-0.3, -0.25) is 4.79 Å². The summed E-state index contributed by atoms with van der Waals surface area (Å²) in [6.07, 6.45) is 0. The molecule has 1 rings (SSSR count). The van der Waals surface area contributed by atoms with Crippen molar-refractivity contribution in [3.8, 4) is 0 Å². The zero-order chi connectivity index (χ0) is 10.6. The van der Waals surface area contributed by atoms with Crippen LogP contribution < -0.4 is 5.73 Å². The van der Waals surface area contributed by atoms with Crippen molar-refractivity contribution in [3.05, 3.63) is 35.9 Å². The molecule has 0 heterocycles. The SMILES string of the molecule is [2H]C([2H])(N)C(=O)OCc1ccccc1. The Bertz CT molecular complexity index is 308. The number of ether oxygens (including phenoxy) is 1. The molecule has 0 amide bonds. The van der Waals surface area contributed by atoms with Gasteiger partial charge in [-0.15, -0.1) is 0 Å². The normalized spacial score (nSPS) is 13.1. The highest BCUT2D eigenvalue weighted by Gasteiger charge is 1.97. The summed E-state index contributed by atoms with van der Waals surface area (Å²) < 4.78 is 18.4. The molecule has 0 aliphatic heterocycles. The lowest BCUT2D eigenvalue weighted by Crippen LogP contribution is -2.16. The number of nitrogens with two attached hydrogens (primary N) is 1. The Morgan fingerprint density at radius 3 is 2.75 bits per heavy atom. The predicted octanol–water partition coefficient (Wildman–Crippen LogP) is 0.688. The maximum absolute atomic E-state index is 10.9. The van der Waals surface area contributed by atoms with Crippen molar-refractivity contribution in [2.24, 2.45) is 5.73 Å². The van der Waals surface area contributed by atoms with Gasteiger partial charge in [-0.2, -0.15) is 0 Å². The fourth-order valence-corrected chi connectivity index (χ4v) is 0.765. The van der Waals surface area contributed by atoms with Gasteiger partial charge >= 0.3 is 5.97 Å². The number of carbonyl (C=O) groups excluding carboxylic acids is 1. The zero-order valence-electron chi connectivity index (χ0n) is 8.49. The third kappa shape index (κ3) is 2.72. The smallest absolute Gasteiger partial charge is 0.320 e. The van der Waals surface area contributed by atoms with Gasteiger partial charge in [0.15, 0.2) is 0 Å². The first kappa shape index (κ1) is 6.20. The summed E-state index contributed by atoms with van der Waals surface area (Å²) in [6, 6.07) is 9.01. The molecule has 0 spiro atoms. The minimum atomic E-state index is -2.42. The van der Waals surface area contributed by atoms with Crippen LogP contribution in [0.5, 0.6) is 0 Å². The Balaban J connectivity index is 2.46. The van der Waals surface area contributed by atoms with Gasteiger partial charge in [-0.25, -0.2) is 0 Å². The summed E-state index contributed by atoms with van der Waals surface area (Å²) in [5.74, 6) is -1.05. The minimum absolute atomic E-state index is 0.0381. The molecule has 0 atom stereocenters. The van der Waals surface area contributed by atoms with Crippen LogP contribution in [0.25, 0.3) is 0 Å². The van der Waals surface area contributed by atoms with Crippen molar-refractivity contribution in [1.82, 2.24) is 0 Å². The molecule has 2 N–H and O–H groups in total. The summed E-state index contributed by atoms with van der Waals surface area (Å²) >= 11 is 0. The number of rotatable bonds is 3. The standard InChI is InChI=1S/C9H11NO2/c10-6-9(11)12-7-8-4-2-1-3-5-8/h1-5H,6-7,10H2/i6D2. The van der Waals surface area contributed by atoms with E-state index in [2.05, 4.69) is 4.74 Å². The van der Waals surface area contributed by atoms with E-state index in [9.17, 15) is 4.79 Å². The Labute approximate surface area is 74.0 Å². The Hall–Kier alpha value is -1.35. The first-order chi connectivity index (χ1) is 6.50. The number of esters is 1. The first-order valence-corrected chi connectivity index (χ1v) is 3.50.